The topological polar surface area (TPSA) is 104 Å². The Morgan fingerprint density at radius 3 is 2.63 bits per heavy atom. The van der Waals surface area contributed by atoms with Gasteiger partial charge in [-0.2, -0.15) is 9.97 Å². The summed E-state index contributed by atoms with van der Waals surface area (Å²) in [5.41, 5.74) is 2.78. The van der Waals surface area contributed by atoms with Crippen LogP contribution in [-0.2, 0) is 6.54 Å². The number of aromatic nitrogens is 3. The average Bonchev–Trinajstić information content (AvgIpc) is 2.78. The highest BCUT2D eigenvalue weighted by Gasteiger charge is 2.09. The number of benzene rings is 2. The molecule has 2 heterocycles. The van der Waals surface area contributed by atoms with Crippen molar-refractivity contribution < 1.29 is 9.84 Å². The zero-order valence-corrected chi connectivity index (χ0v) is 16.0. The van der Waals surface area contributed by atoms with Gasteiger partial charge in [0.05, 0.1) is 22.8 Å². The largest absolute Gasteiger partial charge is 0.493 e. The van der Waals surface area contributed by atoms with Crippen LogP contribution in [-0.4, -0.2) is 25.8 Å². The third kappa shape index (κ3) is 4.59. The second-order valence-electron chi connectivity index (χ2n) is 6.46. The van der Waals surface area contributed by atoms with Crippen molar-refractivity contribution in [2.75, 3.05) is 0 Å². The highest BCUT2D eigenvalue weighted by Crippen LogP contribution is 2.25. The maximum absolute atomic E-state index is 10.0. The van der Waals surface area contributed by atoms with Gasteiger partial charge in [0.25, 0.3) is 0 Å². The molecule has 0 fully saturated rings. The van der Waals surface area contributed by atoms with Crippen molar-refractivity contribution in [3.05, 3.63) is 96.5 Å². The number of fused-ring (bicyclic) bond motifs is 1. The van der Waals surface area contributed by atoms with Crippen LogP contribution in [0.1, 0.15) is 11.1 Å². The summed E-state index contributed by atoms with van der Waals surface area (Å²) in [6.07, 6.45) is 6.56. The summed E-state index contributed by atoms with van der Waals surface area (Å²) in [5.74, 6) is 0.337. The molecular weight excluding hydrogens is 378 g/mol. The van der Waals surface area contributed by atoms with Crippen LogP contribution in [0.4, 0.5) is 0 Å². The van der Waals surface area contributed by atoms with Crippen molar-refractivity contribution >= 4 is 16.6 Å². The standard InChI is InChI=1S/C23H19N5O2/c24-20(11-13-25-14-16-4-2-1-3-5-16)17-6-8-18(9-7-17)30-23-27-21-15-26-12-10-19(21)22(29)28-23/h1-13,15,24-25H,14H2,(H,27,28,29)/b13-11-,24-20?. The molecule has 0 unspecified atom stereocenters. The molecule has 7 nitrogen and oxygen atoms in total. The Morgan fingerprint density at radius 2 is 1.83 bits per heavy atom. The Morgan fingerprint density at radius 1 is 1.03 bits per heavy atom. The lowest BCUT2D eigenvalue weighted by Crippen LogP contribution is -2.05. The first kappa shape index (κ1) is 19.1. The maximum Gasteiger partial charge on any atom is 0.325 e. The van der Waals surface area contributed by atoms with Crippen LogP contribution in [0, 0.1) is 5.41 Å². The molecule has 0 aliphatic rings. The first-order valence-electron chi connectivity index (χ1n) is 9.30. The molecule has 0 saturated carbocycles. The molecule has 2 aromatic carbocycles. The van der Waals surface area contributed by atoms with E-state index in [1.165, 1.54) is 11.8 Å². The summed E-state index contributed by atoms with van der Waals surface area (Å²) >= 11 is 0. The summed E-state index contributed by atoms with van der Waals surface area (Å²) in [6, 6.07) is 18.7. The molecule has 4 rings (SSSR count). The van der Waals surface area contributed by atoms with E-state index in [2.05, 4.69) is 20.3 Å². The summed E-state index contributed by atoms with van der Waals surface area (Å²) in [7, 11) is 0. The number of hydrogen-bond acceptors (Lipinski definition) is 7. The van der Waals surface area contributed by atoms with Crippen LogP contribution in [0.2, 0.25) is 0 Å². The zero-order chi connectivity index (χ0) is 20.8. The third-order valence-electron chi connectivity index (χ3n) is 4.35. The molecule has 7 heteroatoms. The zero-order valence-electron chi connectivity index (χ0n) is 16.0. The van der Waals surface area contributed by atoms with E-state index in [0.717, 1.165) is 5.56 Å². The predicted octanol–water partition coefficient (Wildman–Crippen LogP) is 4.19. The minimum Gasteiger partial charge on any atom is -0.493 e. The molecule has 0 saturated heterocycles. The van der Waals surface area contributed by atoms with Gasteiger partial charge in [-0.05, 0) is 53.7 Å². The van der Waals surface area contributed by atoms with Crippen molar-refractivity contribution in [1.82, 2.24) is 20.3 Å². The molecule has 0 aliphatic carbocycles. The normalized spacial score (nSPS) is 10.9. The molecule has 0 radical (unpaired) electrons. The molecule has 4 aromatic rings. The Bertz CT molecular complexity index is 1190. The van der Waals surface area contributed by atoms with Crippen molar-refractivity contribution in [2.45, 2.75) is 6.54 Å². The summed E-state index contributed by atoms with van der Waals surface area (Å²) < 4.78 is 5.64. The van der Waals surface area contributed by atoms with Crippen molar-refractivity contribution in [3.8, 4) is 17.6 Å². The van der Waals surface area contributed by atoms with Gasteiger partial charge in [-0.25, -0.2) is 0 Å². The molecule has 148 valence electrons. The Balaban J connectivity index is 1.38. The van der Waals surface area contributed by atoms with Gasteiger partial charge in [-0.1, -0.05) is 30.3 Å². The van der Waals surface area contributed by atoms with Gasteiger partial charge in [0, 0.05) is 12.7 Å². The van der Waals surface area contributed by atoms with Gasteiger partial charge >= 0.3 is 6.01 Å². The molecule has 0 aliphatic heterocycles. The number of ether oxygens (including phenoxy) is 1. The number of rotatable bonds is 7. The second-order valence-corrected chi connectivity index (χ2v) is 6.46. The third-order valence-corrected chi connectivity index (χ3v) is 4.35. The van der Waals surface area contributed by atoms with Crippen LogP contribution in [0.3, 0.4) is 0 Å². The fourth-order valence-corrected chi connectivity index (χ4v) is 2.81. The van der Waals surface area contributed by atoms with Gasteiger partial charge in [-0.3, -0.25) is 4.98 Å². The number of nitrogens with one attached hydrogen (secondary N) is 2. The Kier molecular flexibility index (Phi) is 5.61. The number of aromatic hydroxyl groups is 1. The number of hydrogen-bond donors (Lipinski definition) is 3. The minimum absolute atomic E-state index is 0.0286. The highest BCUT2D eigenvalue weighted by atomic mass is 16.5. The summed E-state index contributed by atoms with van der Waals surface area (Å²) in [4.78, 5) is 12.2. The van der Waals surface area contributed by atoms with Gasteiger partial charge in [0.2, 0.25) is 5.88 Å². The molecule has 0 bridgehead atoms. The average molecular weight is 397 g/mol. The van der Waals surface area contributed by atoms with E-state index < -0.39 is 0 Å². The molecule has 2 aromatic heterocycles. The lowest BCUT2D eigenvalue weighted by molar-refractivity contribution is 0.412. The fourth-order valence-electron chi connectivity index (χ4n) is 2.81. The van der Waals surface area contributed by atoms with Gasteiger partial charge < -0.3 is 20.6 Å². The van der Waals surface area contributed by atoms with Crippen LogP contribution >= 0.6 is 0 Å². The molecule has 0 atom stereocenters. The van der Waals surface area contributed by atoms with Gasteiger partial charge in [0.15, 0.2) is 0 Å². The maximum atomic E-state index is 10.0. The predicted molar refractivity (Wildman–Crippen MR) is 115 cm³/mol. The molecule has 3 N–H and O–H groups in total. The van der Waals surface area contributed by atoms with E-state index in [-0.39, 0.29) is 11.9 Å². The lowest BCUT2D eigenvalue weighted by atomic mass is 10.1. The van der Waals surface area contributed by atoms with Crippen molar-refractivity contribution in [3.63, 3.8) is 0 Å². The number of pyridine rings is 1. The first-order valence-corrected chi connectivity index (χ1v) is 9.30. The molecular formula is C23H19N5O2. The van der Waals surface area contributed by atoms with Crippen molar-refractivity contribution in [1.29, 1.82) is 5.41 Å². The SMILES string of the molecule is N=C(/C=C\NCc1ccccc1)c1ccc(Oc2nc(O)c3ccncc3n2)cc1. The van der Waals surface area contributed by atoms with Gasteiger partial charge in [0.1, 0.15) is 5.75 Å². The fraction of sp³-hybridized carbons (Fsp3) is 0.0435. The van der Waals surface area contributed by atoms with Crippen LogP contribution in [0.15, 0.2) is 85.3 Å². The van der Waals surface area contributed by atoms with Crippen LogP contribution < -0.4 is 10.1 Å². The van der Waals surface area contributed by atoms with Crippen LogP contribution in [0.5, 0.6) is 17.6 Å². The van der Waals surface area contributed by atoms with Gasteiger partial charge in [-0.15, -0.1) is 0 Å². The summed E-state index contributed by atoms with van der Waals surface area (Å²) in [5, 5.41) is 21.9. The molecule has 0 amide bonds. The van der Waals surface area contributed by atoms with E-state index in [1.807, 2.05) is 30.3 Å². The van der Waals surface area contributed by atoms with E-state index >= 15 is 0 Å². The minimum atomic E-state index is -0.163. The van der Waals surface area contributed by atoms with Crippen molar-refractivity contribution in [2.24, 2.45) is 0 Å². The second kappa shape index (κ2) is 8.83. The number of allylic oxidation sites excluding steroid dienone is 1. The van der Waals surface area contributed by atoms with E-state index in [1.54, 1.807) is 48.8 Å². The lowest BCUT2D eigenvalue weighted by Gasteiger charge is -2.07. The number of nitrogens with zero attached hydrogens (tertiary/aromatic N) is 3. The monoisotopic (exact) mass is 397 g/mol. The molecule has 0 spiro atoms. The van der Waals surface area contributed by atoms with Crippen LogP contribution in [0.25, 0.3) is 10.9 Å². The van der Waals surface area contributed by atoms with E-state index in [9.17, 15) is 5.11 Å². The molecule has 30 heavy (non-hydrogen) atoms. The highest BCUT2D eigenvalue weighted by molar-refractivity contribution is 6.06. The Labute approximate surface area is 173 Å². The quantitative estimate of drug-likeness (QED) is 0.404. The first-order chi connectivity index (χ1) is 14.7. The smallest absolute Gasteiger partial charge is 0.325 e. The Hall–Kier alpha value is -4.26. The van der Waals surface area contributed by atoms with E-state index in [0.29, 0.717) is 28.9 Å². The summed E-state index contributed by atoms with van der Waals surface area (Å²) in [6.45, 7) is 0.700. The van der Waals surface area contributed by atoms with E-state index in [4.69, 9.17) is 10.1 Å².